The molecule has 3 nitrogen and oxygen atoms in total. The number of benzene rings is 1. The number of alkyl halides is 2. The van der Waals surface area contributed by atoms with Gasteiger partial charge in [0.05, 0.1) is 0 Å². The van der Waals surface area contributed by atoms with Gasteiger partial charge >= 0.3 is 5.67 Å². The quantitative estimate of drug-likeness (QED) is 0.455. The zero-order valence-corrected chi connectivity index (χ0v) is 13.4. The third-order valence-corrected chi connectivity index (χ3v) is 6.67. The Bertz CT molecular complexity index is 482. The largest absolute Gasteiger partial charge is 0.309 e. The molecule has 116 valence electrons. The molecule has 0 aliphatic rings. The highest BCUT2D eigenvalue weighted by Gasteiger charge is 2.54. The number of carbonyl (C=O) groups excluding carboxylic acids is 2. The van der Waals surface area contributed by atoms with E-state index in [9.17, 15) is 18.4 Å². The van der Waals surface area contributed by atoms with Crippen LogP contribution in [-0.4, -0.2) is 25.6 Å². The van der Waals surface area contributed by atoms with Crippen molar-refractivity contribution in [2.45, 2.75) is 44.4 Å². The molecular weight excluding hydrogens is 292 g/mol. The Kier molecular flexibility index (Phi) is 6.20. The number of hydrogen-bond acceptors (Lipinski definition) is 2. The van der Waals surface area contributed by atoms with Crippen LogP contribution in [0.1, 0.15) is 31.7 Å². The fraction of sp³-hybridized carbons (Fsp3) is 0.467. The van der Waals surface area contributed by atoms with E-state index >= 15 is 0 Å². The maximum atomic E-state index is 14.3. The Hall–Kier alpha value is -1.56. The van der Waals surface area contributed by atoms with Gasteiger partial charge in [-0.2, -0.15) is 8.78 Å². The van der Waals surface area contributed by atoms with Gasteiger partial charge in [-0.25, -0.2) is 0 Å². The summed E-state index contributed by atoms with van der Waals surface area (Å²) >= 11 is 0. The molecule has 0 aromatic heterocycles. The fourth-order valence-corrected chi connectivity index (χ4v) is 3.93. The van der Waals surface area contributed by atoms with Crippen molar-refractivity contribution < 1.29 is 18.4 Å². The molecule has 0 saturated carbocycles. The minimum Gasteiger partial charge on any atom is -0.309 e. The molecule has 0 spiro atoms. The molecule has 0 aliphatic heterocycles. The zero-order chi connectivity index (χ0) is 15.9. The van der Waals surface area contributed by atoms with Crippen LogP contribution in [0.2, 0.25) is 6.55 Å². The molecule has 0 radical (unpaired) electrons. The number of carbonyl (C=O) groups is 2. The van der Waals surface area contributed by atoms with E-state index in [1.54, 1.807) is 35.6 Å². The maximum Gasteiger partial charge on any atom is 0.308 e. The van der Waals surface area contributed by atoms with Crippen LogP contribution in [0.25, 0.3) is 0 Å². The molecule has 1 rings (SSSR count). The van der Waals surface area contributed by atoms with Gasteiger partial charge in [0.25, 0.3) is 0 Å². The first-order valence-electron chi connectivity index (χ1n) is 7.03. The molecule has 21 heavy (non-hydrogen) atoms. The molecule has 1 amide bonds. The molecule has 1 aromatic carbocycles. The maximum absolute atomic E-state index is 14.3. The summed E-state index contributed by atoms with van der Waals surface area (Å²) in [6.45, 7) is 3.18. The first-order valence-corrected chi connectivity index (χ1v) is 9.82. The Morgan fingerprint density at radius 1 is 1.33 bits per heavy atom. The number of amides is 1. The van der Waals surface area contributed by atoms with Crippen LogP contribution in [0.15, 0.2) is 30.3 Å². The Morgan fingerprint density at radius 3 is 2.48 bits per heavy atom. The van der Waals surface area contributed by atoms with Crippen LogP contribution in [0.5, 0.6) is 0 Å². The van der Waals surface area contributed by atoms with Crippen molar-refractivity contribution in [3.8, 4) is 0 Å². The van der Waals surface area contributed by atoms with Gasteiger partial charge in [0, 0.05) is 6.42 Å². The van der Waals surface area contributed by atoms with Crippen molar-refractivity contribution in [2.24, 2.45) is 0 Å². The summed E-state index contributed by atoms with van der Waals surface area (Å²) in [6.07, 6.45) is 1.37. The summed E-state index contributed by atoms with van der Waals surface area (Å²) in [4.78, 5) is 22.9. The Morgan fingerprint density at radius 2 is 1.95 bits per heavy atom. The van der Waals surface area contributed by atoms with Crippen LogP contribution in [-0.2, 0) is 15.6 Å². The number of rotatable bonds is 8. The molecule has 6 heteroatoms. The zero-order valence-electron chi connectivity index (χ0n) is 12.4. The second kappa shape index (κ2) is 7.45. The van der Waals surface area contributed by atoms with Crippen molar-refractivity contribution >= 4 is 19.9 Å². The van der Waals surface area contributed by atoms with Gasteiger partial charge in [0.1, 0.15) is 5.91 Å². The highest BCUT2D eigenvalue weighted by atomic mass is 28.3. The SMILES string of the molecule is CCCCC(=O)NC(F)(F)[Si](C)(C=O)Cc1ccccc1. The van der Waals surface area contributed by atoms with E-state index in [1.807, 2.05) is 6.92 Å². The van der Waals surface area contributed by atoms with E-state index in [0.717, 1.165) is 6.42 Å². The topological polar surface area (TPSA) is 46.2 Å². The van der Waals surface area contributed by atoms with Crippen molar-refractivity contribution in [1.82, 2.24) is 5.32 Å². The summed E-state index contributed by atoms with van der Waals surface area (Å²) in [5, 5.41) is 1.76. The summed E-state index contributed by atoms with van der Waals surface area (Å²) in [5.41, 5.74) is -2.77. The van der Waals surface area contributed by atoms with E-state index in [4.69, 9.17) is 0 Å². The van der Waals surface area contributed by atoms with Gasteiger partial charge in [0.15, 0.2) is 0 Å². The average molecular weight is 313 g/mol. The number of hydrogen-bond donors (Lipinski definition) is 1. The third-order valence-electron chi connectivity index (χ3n) is 3.45. The highest BCUT2D eigenvalue weighted by Crippen LogP contribution is 2.26. The lowest BCUT2D eigenvalue weighted by atomic mass is 10.2. The summed E-state index contributed by atoms with van der Waals surface area (Å²) in [5.74, 6) is -0.337. The van der Waals surface area contributed by atoms with Crippen molar-refractivity contribution in [1.29, 1.82) is 0 Å². The number of halogens is 2. The van der Waals surface area contributed by atoms with Crippen molar-refractivity contribution in [3.05, 3.63) is 35.9 Å². The van der Waals surface area contributed by atoms with Crippen molar-refractivity contribution in [2.75, 3.05) is 0 Å². The van der Waals surface area contributed by atoms with Crippen LogP contribution < -0.4 is 5.32 Å². The Labute approximate surface area is 124 Å². The monoisotopic (exact) mass is 313 g/mol. The number of unbranched alkanes of at least 4 members (excludes halogenated alkanes) is 1. The fourth-order valence-electron chi connectivity index (χ4n) is 1.96. The standard InChI is InChI=1S/C15H21F2NO2Si/c1-3-4-10-14(20)18-15(16,17)21(2,12-19)11-13-8-6-5-7-9-13/h5-9,12H,3-4,10-11H2,1-2H3,(H,18,20). The van der Waals surface area contributed by atoms with Crippen LogP contribution in [0, 0.1) is 0 Å². The molecule has 0 saturated heterocycles. The Balaban J connectivity index is 2.84. The van der Waals surface area contributed by atoms with Gasteiger partial charge in [-0.05, 0) is 18.0 Å². The molecular formula is C15H21F2NO2Si. The van der Waals surface area contributed by atoms with Crippen LogP contribution >= 0.6 is 0 Å². The van der Waals surface area contributed by atoms with Gasteiger partial charge < -0.3 is 10.1 Å². The average Bonchev–Trinajstić information content (AvgIpc) is 2.45. The van der Waals surface area contributed by atoms with Crippen molar-refractivity contribution in [3.63, 3.8) is 0 Å². The molecule has 1 unspecified atom stereocenters. The molecule has 0 aliphatic carbocycles. The summed E-state index contributed by atoms with van der Waals surface area (Å²) in [7, 11) is -3.64. The first kappa shape index (κ1) is 17.5. The summed E-state index contributed by atoms with van der Waals surface area (Å²) < 4.78 is 28.7. The molecule has 1 N–H and O–H groups in total. The first-order chi connectivity index (χ1) is 9.84. The molecule has 1 atom stereocenters. The van der Waals surface area contributed by atoms with Gasteiger partial charge in [-0.15, -0.1) is 0 Å². The third kappa shape index (κ3) is 4.73. The van der Waals surface area contributed by atoms with Crippen LogP contribution in [0.3, 0.4) is 0 Å². The van der Waals surface area contributed by atoms with E-state index in [0.29, 0.717) is 17.9 Å². The lowest BCUT2D eigenvalue weighted by Crippen LogP contribution is -2.63. The van der Waals surface area contributed by atoms with Gasteiger partial charge in [-0.1, -0.05) is 50.2 Å². The molecule has 0 bridgehead atoms. The molecule has 0 heterocycles. The number of nitrogens with one attached hydrogen (secondary N) is 1. The minimum atomic E-state index is -3.64. The predicted molar refractivity (Wildman–Crippen MR) is 81.1 cm³/mol. The highest BCUT2D eigenvalue weighted by molar-refractivity contribution is 7.01. The minimum absolute atomic E-state index is 0.00159. The van der Waals surface area contributed by atoms with Gasteiger partial charge in [-0.3, -0.25) is 4.79 Å². The smallest absolute Gasteiger partial charge is 0.308 e. The van der Waals surface area contributed by atoms with E-state index in [-0.39, 0.29) is 12.5 Å². The lowest BCUT2D eigenvalue weighted by Gasteiger charge is -2.31. The second-order valence-corrected chi connectivity index (χ2v) is 9.48. The van der Waals surface area contributed by atoms with E-state index in [1.165, 1.54) is 6.55 Å². The normalized spacial score (nSPS) is 14.3. The predicted octanol–water partition coefficient (Wildman–Crippen LogP) is 3.06. The lowest BCUT2D eigenvalue weighted by molar-refractivity contribution is -0.127. The van der Waals surface area contributed by atoms with E-state index in [2.05, 4.69) is 0 Å². The summed E-state index contributed by atoms with van der Waals surface area (Å²) in [6, 6.07) is 8.69. The molecule has 1 aromatic rings. The van der Waals surface area contributed by atoms with E-state index < -0.39 is 19.7 Å². The van der Waals surface area contributed by atoms with Gasteiger partial charge in [0.2, 0.25) is 14.0 Å². The second-order valence-electron chi connectivity index (χ2n) is 5.42. The van der Waals surface area contributed by atoms with Crippen LogP contribution in [0.4, 0.5) is 8.78 Å². The molecule has 0 fully saturated rings.